The summed E-state index contributed by atoms with van der Waals surface area (Å²) in [6.07, 6.45) is 4.58. The van der Waals surface area contributed by atoms with Gasteiger partial charge in [0.1, 0.15) is 22.3 Å². The minimum absolute atomic E-state index is 0.272. The molecule has 0 N–H and O–H groups in total. The van der Waals surface area contributed by atoms with Crippen LogP contribution < -0.4 is 9.13 Å². The molecule has 0 radical (unpaired) electrons. The zero-order valence-corrected chi connectivity index (χ0v) is 21.4. The van der Waals surface area contributed by atoms with Crippen LogP contribution in [0.1, 0.15) is 16.8 Å². The SMILES string of the molecule is Cc1ccc2c(n1)-c1cccc[n+]1CC21C[n+]2cc3ccccc3c3c4cccc5oc6ccc1c(c6c54)c32. The molecule has 6 heterocycles. The predicted octanol–water partition coefficient (Wildman–Crippen LogP) is 6.74. The first kappa shape index (κ1) is 20.2. The van der Waals surface area contributed by atoms with E-state index in [1.807, 2.05) is 0 Å². The van der Waals surface area contributed by atoms with Gasteiger partial charge in [-0.3, -0.25) is 0 Å². The third kappa shape index (κ3) is 2.27. The van der Waals surface area contributed by atoms with Gasteiger partial charge in [0.2, 0.25) is 11.2 Å². The van der Waals surface area contributed by atoms with Crippen LogP contribution in [0.5, 0.6) is 0 Å². The molecular weight excluding hydrogens is 478 g/mol. The van der Waals surface area contributed by atoms with Crippen molar-refractivity contribution in [1.29, 1.82) is 0 Å². The van der Waals surface area contributed by atoms with Gasteiger partial charge < -0.3 is 4.42 Å². The molecule has 4 aromatic heterocycles. The summed E-state index contributed by atoms with van der Waals surface area (Å²) in [5.74, 6) is 0. The third-order valence-electron chi connectivity index (χ3n) is 9.35. The molecular formula is C35H23N3O+2. The van der Waals surface area contributed by atoms with E-state index in [1.165, 1.54) is 60.0 Å². The second kappa shape index (κ2) is 6.59. The van der Waals surface area contributed by atoms with E-state index >= 15 is 0 Å². The molecule has 0 bridgehead atoms. The van der Waals surface area contributed by atoms with Gasteiger partial charge in [0, 0.05) is 50.3 Å². The molecule has 1 spiro atoms. The van der Waals surface area contributed by atoms with Crippen LogP contribution in [0.15, 0.2) is 102 Å². The Hall–Kier alpha value is -4.83. The molecule has 0 saturated heterocycles. The second-order valence-corrected chi connectivity index (χ2v) is 11.4. The molecule has 2 aliphatic heterocycles. The van der Waals surface area contributed by atoms with E-state index in [0.717, 1.165) is 35.6 Å². The maximum Gasteiger partial charge on any atom is 0.231 e. The van der Waals surface area contributed by atoms with Crippen LogP contribution in [0.4, 0.5) is 0 Å². The van der Waals surface area contributed by atoms with Crippen LogP contribution in [-0.4, -0.2) is 4.98 Å². The van der Waals surface area contributed by atoms with E-state index in [-0.39, 0.29) is 5.41 Å². The average molecular weight is 502 g/mol. The minimum Gasteiger partial charge on any atom is -0.456 e. The van der Waals surface area contributed by atoms with E-state index in [0.29, 0.717) is 0 Å². The minimum atomic E-state index is -0.272. The molecule has 1 atom stereocenters. The first-order chi connectivity index (χ1) is 19.2. The number of hydrogen-bond donors (Lipinski definition) is 0. The molecule has 2 aliphatic rings. The lowest BCUT2D eigenvalue weighted by Gasteiger charge is -2.37. The highest BCUT2D eigenvalue weighted by atomic mass is 16.3. The van der Waals surface area contributed by atoms with Crippen LogP contribution in [0.2, 0.25) is 0 Å². The number of aryl methyl sites for hydroxylation is 1. The normalized spacial score (nSPS) is 17.8. The van der Waals surface area contributed by atoms with Gasteiger partial charge in [-0.15, -0.1) is 0 Å². The van der Waals surface area contributed by atoms with Gasteiger partial charge in [-0.05, 0) is 42.8 Å². The lowest BCUT2D eigenvalue weighted by Crippen LogP contribution is -2.59. The van der Waals surface area contributed by atoms with Crippen LogP contribution in [0, 0.1) is 6.92 Å². The molecule has 8 aromatic rings. The van der Waals surface area contributed by atoms with Crippen molar-refractivity contribution in [1.82, 2.24) is 4.98 Å². The second-order valence-electron chi connectivity index (χ2n) is 11.4. The Morgan fingerprint density at radius 2 is 1.51 bits per heavy atom. The number of hydrogen-bond acceptors (Lipinski definition) is 2. The van der Waals surface area contributed by atoms with Crippen molar-refractivity contribution in [3.63, 3.8) is 0 Å². The predicted molar refractivity (Wildman–Crippen MR) is 153 cm³/mol. The van der Waals surface area contributed by atoms with Gasteiger partial charge in [-0.2, -0.15) is 9.13 Å². The van der Waals surface area contributed by atoms with Gasteiger partial charge in [0.05, 0.1) is 10.8 Å². The Morgan fingerprint density at radius 1 is 0.692 bits per heavy atom. The number of pyridine rings is 3. The molecule has 4 nitrogen and oxygen atoms in total. The smallest absolute Gasteiger partial charge is 0.231 e. The van der Waals surface area contributed by atoms with Crippen molar-refractivity contribution >= 4 is 54.4 Å². The standard InChI is InChI=1S/C35H23N3O/c1-20-12-13-25-33(36-20)26-10-4-5-16-37(26)18-35(25)19-38-17-21-7-2-3-8-22(21)29-23-9-6-11-27-30(23)32-28(39-27)15-14-24(35)31(32)34(29)38/h2-17H,18-19H2,1H3/q+2. The number of furan rings is 1. The highest BCUT2D eigenvalue weighted by molar-refractivity contribution is 6.36. The molecule has 4 heteroatoms. The van der Waals surface area contributed by atoms with Crippen molar-refractivity contribution in [2.75, 3.05) is 0 Å². The van der Waals surface area contributed by atoms with Gasteiger partial charge in [0.25, 0.3) is 0 Å². The summed E-state index contributed by atoms with van der Waals surface area (Å²) < 4.78 is 11.4. The Labute approximate surface area is 223 Å². The quantitative estimate of drug-likeness (QED) is 0.170. The van der Waals surface area contributed by atoms with E-state index in [4.69, 9.17) is 9.40 Å². The molecule has 0 aliphatic carbocycles. The number of fused-ring (bicyclic) bond motifs is 8. The Balaban J connectivity index is 1.47. The molecule has 1 unspecified atom stereocenters. The zero-order valence-electron chi connectivity index (χ0n) is 21.4. The van der Waals surface area contributed by atoms with Crippen molar-refractivity contribution < 1.29 is 13.6 Å². The van der Waals surface area contributed by atoms with Crippen molar-refractivity contribution in [3.05, 3.63) is 114 Å². The van der Waals surface area contributed by atoms with Crippen LogP contribution in [-0.2, 0) is 18.5 Å². The summed E-state index contributed by atoms with van der Waals surface area (Å²) in [5, 5.41) is 8.96. The summed E-state index contributed by atoms with van der Waals surface area (Å²) >= 11 is 0. The largest absolute Gasteiger partial charge is 0.456 e. The summed E-state index contributed by atoms with van der Waals surface area (Å²) in [7, 11) is 0. The van der Waals surface area contributed by atoms with Crippen molar-refractivity contribution in [3.8, 4) is 11.4 Å². The molecule has 10 rings (SSSR count). The van der Waals surface area contributed by atoms with E-state index in [1.54, 1.807) is 0 Å². The highest BCUT2D eigenvalue weighted by Crippen LogP contribution is 2.51. The summed E-state index contributed by atoms with van der Waals surface area (Å²) in [5.41, 5.74) is 8.96. The van der Waals surface area contributed by atoms with Crippen LogP contribution in [0.25, 0.3) is 65.8 Å². The maximum absolute atomic E-state index is 6.51. The average Bonchev–Trinajstić information content (AvgIpc) is 3.35. The fraction of sp³-hybridized carbons (Fsp3) is 0.114. The Bertz CT molecular complexity index is 2370. The number of nitrogens with zero attached hydrogens (tertiary/aromatic N) is 3. The van der Waals surface area contributed by atoms with Crippen molar-refractivity contribution in [2.45, 2.75) is 25.4 Å². The molecule has 4 aromatic carbocycles. The molecule has 0 fully saturated rings. The van der Waals surface area contributed by atoms with Crippen LogP contribution >= 0.6 is 0 Å². The number of benzene rings is 4. The first-order valence-corrected chi connectivity index (χ1v) is 13.6. The summed E-state index contributed by atoms with van der Waals surface area (Å²) in [6.45, 7) is 3.80. The molecule has 0 saturated carbocycles. The van der Waals surface area contributed by atoms with E-state index < -0.39 is 0 Å². The van der Waals surface area contributed by atoms with Crippen molar-refractivity contribution in [2.24, 2.45) is 0 Å². The lowest BCUT2D eigenvalue weighted by atomic mass is 9.67. The summed E-state index contributed by atoms with van der Waals surface area (Å²) in [6, 6.07) is 30.9. The highest BCUT2D eigenvalue weighted by Gasteiger charge is 2.53. The summed E-state index contributed by atoms with van der Waals surface area (Å²) in [4.78, 5) is 5.15. The number of aromatic nitrogens is 3. The topological polar surface area (TPSA) is 33.8 Å². The zero-order chi connectivity index (χ0) is 25.5. The molecule has 0 amide bonds. The first-order valence-electron chi connectivity index (χ1n) is 13.6. The van der Waals surface area contributed by atoms with E-state index in [2.05, 4.69) is 113 Å². The monoisotopic (exact) mass is 501 g/mol. The fourth-order valence-electron chi connectivity index (χ4n) is 7.85. The Kier molecular flexibility index (Phi) is 3.41. The molecule has 39 heavy (non-hydrogen) atoms. The van der Waals surface area contributed by atoms with Gasteiger partial charge in [0.15, 0.2) is 25.5 Å². The molecule has 182 valence electrons. The van der Waals surface area contributed by atoms with Gasteiger partial charge >= 0.3 is 0 Å². The third-order valence-corrected chi connectivity index (χ3v) is 9.35. The fourth-order valence-corrected chi connectivity index (χ4v) is 7.85. The van der Waals surface area contributed by atoms with Crippen LogP contribution in [0.3, 0.4) is 0 Å². The lowest BCUT2D eigenvalue weighted by molar-refractivity contribution is -0.724. The van der Waals surface area contributed by atoms with Gasteiger partial charge in [-0.25, -0.2) is 4.98 Å². The Morgan fingerprint density at radius 3 is 2.49 bits per heavy atom. The number of rotatable bonds is 0. The van der Waals surface area contributed by atoms with Gasteiger partial charge in [-0.1, -0.05) is 42.5 Å². The van der Waals surface area contributed by atoms with E-state index in [9.17, 15) is 0 Å². The maximum atomic E-state index is 6.51.